The maximum absolute atomic E-state index is 12.1. The minimum Gasteiger partial charge on any atom is -0.494 e. The molecule has 2 rings (SSSR count). The molecule has 0 aliphatic rings. The molecule has 0 aromatic heterocycles. The first-order valence-corrected chi connectivity index (χ1v) is 9.14. The summed E-state index contributed by atoms with van der Waals surface area (Å²) in [4.78, 5) is 12.1. The zero-order valence-corrected chi connectivity index (χ0v) is 15.7. The maximum atomic E-state index is 12.1. The van der Waals surface area contributed by atoms with Gasteiger partial charge in [0.15, 0.2) is 0 Å². The summed E-state index contributed by atoms with van der Waals surface area (Å²) >= 11 is 0. The Balaban J connectivity index is 1.82. The first-order chi connectivity index (χ1) is 12.6. The highest BCUT2D eigenvalue weighted by atomic mass is 16.5. The van der Waals surface area contributed by atoms with Crippen LogP contribution in [0.2, 0.25) is 0 Å². The lowest BCUT2D eigenvalue weighted by atomic mass is 10.2. The van der Waals surface area contributed by atoms with Crippen molar-refractivity contribution in [2.45, 2.75) is 39.7 Å². The molecule has 0 heterocycles. The summed E-state index contributed by atoms with van der Waals surface area (Å²) in [5.74, 6) is 1.49. The Morgan fingerprint density at radius 3 is 2.50 bits per heavy atom. The molecule has 5 nitrogen and oxygen atoms in total. The molecular formula is C21H28N2O3. The van der Waals surface area contributed by atoms with Crippen molar-refractivity contribution in [1.29, 1.82) is 0 Å². The van der Waals surface area contributed by atoms with Gasteiger partial charge in [-0.05, 0) is 56.2 Å². The van der Waals surface area contributed by atoms with Gasteiger partial charge in [-0.25, -0.2) is 0 Å². The third kappa shape index (κ3) is 6.67. The van der Waals surface area contributed by atoms with Crippen LogP contribution in [0.5, 0.6) is 11.5 Å². The highest BCUT2D eigenvalue weighted by molar-refractivity contribution is 5.93. The van der Waals surface area contributed by atoms with Crippen molar-refractivity contribution < 1.29 is 14.3 Å². The number of rotatable bonds is 10. The van der Waals surface area contributed by atoms with Crippen LogP contribution in [-0.2, 0) is 4.79 Å². The lowest BCUT2D eigenvalue weighted by Crippen LogP contribution is -2.21. The highest BCUT2D eigenvalue weighted by Crippen LogP contribution is 2.19. The second-order valence-corrected chi connectivity index (χ2v) is 6.14. The predicted molar refractivity (Wildman–Crippen MR) is 106 cm³/mol. The van der Waals surface area contributed by atoms with Crippen LogP contribution in [0.4, 0.5) is 11.4 Å². The summed E-state index contributed by atoms with van der Waals surface area (Å²) in [6.45, 7) is 7.05. The van der Waals surface area contributed by atoms with Gasteiger partial charge in [-0.1, -0.05) is 19.9 Å². The van der Waals surface area contributed by atoms with Crippen LogP contribution >= 0.6 is 0 Å². The topological polar surface area (TPSA) is 59.6 Å². The fourth-order valence-electron chi connectivity index (χ4n) is 2.24. The van der Waals surface area contributed by atoms with E-state index in [4.69, 9.17) is 9.47 Å². The van der Waals surface area contributed by atoms with Gasteiger partial charge in [0.05, 0.1) is 19.3 Å². The van der Waals surface area contributed by atoms with Crippen molar-refractivity contribution in [2.75, 3.05) is 23.8 Å². The smallest absolute Gasteiger partial charge is 0.243 e. The summed E-state index contributed by atoms with van der Waals surface area (Å²) in [7, 11) is 0. The molecule has 26 heavy (non-hydrogen) atoms. The van der Waals surface area contributed by atoms with Crippen LogP contribution in [0.1, 0.15) is 33.6 Å². The van der Waals surface area contributed by atoms with Crippen LogP contribution in [-0.4, -0.2) is 25.2 Å². The molecular weight excluding hydrogens is 328 g/mol. The minimum atomic E-state index is -0.111. The third-order valence-electron chi connectivity index (χ3n) is 3.81. The van der Waals surface area contributed by atoms with Gasteiger partial charge in [0.2, 0.25) is 5.91 Å². The number of ether oxygens (including phenoxy) is 2. The van der Waals surface area contributed by atoms with E-state index in [-0.39, 0.29) is 18.6 Å². The quantitative estimate of drug-likeness (QED) is 0.648. The fraction of sp³-hybridized carbons (Fsp3) is 0.381. The number of anilines is 2. The first kappa shape index (κ1) is 19.6. The van der Waals surface area contributed by atoms with E-state index in [1.165, 1.54) is 0 Å². The molecule has 0 aliphatic heterocycles. The van der Waals surface area contributed by atoms with E-state index in [1.54, 1.807) is 0 Å². The predicted octanol–water partition coefficient (Wildman–Crippen LogP) is 4.70. The number of carbonyl (C=O) groups is 1. The van der Waals surface area contributed by atoms with Crippen LogP contribution < -0.4 is 20.1 Å². The molecule has 1 unspecified atom stereocenters. The average Bonchev–Trinajstić information content (AvgIpc) is 2.66. The van der Waals surface area contributed by atoms with Crippen molar-refractivity contribution in [2.24, 2.45) is 0 Å². The molecule has 0 bridgehead atoms. The molecule has 1 amide bonds. The molecule has 0 saturated heterocycles. The number of amides is 1. The van der Waals surface area contributed by atoms with Crippen molar-refractivity contribution >= 4 is 17.3 Å². The van der Waals surface area contributed by atoms with Crippen LogP contribution in [0.25, 0.3) is 0 Å². The third-order valence-corrected chi connectivity index (χ3v) is 3.81. The molecule has 0 aliphatic carbocycles. The van der Waals surface area contributed by atoms with Crippen LogP contribution in [0.3, 0.4) is 0 Å². The number of benzene rings is 2. The molecule has 2 aromatic carbocycles. The zero-order chi connectivity index (χ0) is 18.8. The van der Waals surface area contributed by atoms with E-state index in [1.807, 2.05) is 55.5 Å². The Morgan fingerprint density at radius 1 is 1.04 bits per heavy atom. The largest absolute Gasteiger partial charge is 0.494 e. The van der Waals surface area contributed by atoms with E-state index in [0.29, 0.717) is 6.61 Å². The second kappa shape index (κ2) is 10.3. The van der Waals surface area contributed by atoms with Crippen molar-refractivity contribution in [3.8, 4) is 11.5 Å². The normalized spacial score (nSPS) is 11.5. The van der Waals surface area contributed by atoms with Crippen LogP contribution in [0, 0.1) is 0 Å². The number of nitrogens with one attached hydrogen (secondary N) is 2. The number of carbonyl (C=O) groups excluding carboxylic acids is 1. The van der Waals surface area contributed by atoms with Gasteiger partial charge in [-0.15, -0.1) is 0 Å². The van der Waals surface area contributed by atoms with E-state index in [9.17, 15) is 4.79 Å². The molecule has 0 saturated carbocycles. The molecule has 0 spiro atoms. The summed E-state index contributed by atoms with van der Waals surface area (Å²) in [5.41, 5.74) is 1.60. The summed E-state index contributed by atoms with van der Waals surface area (Å²) in [6, 6.07) is 15.0. The fourth-order valence-corrected chi connectivity index (χ4v) is 2.24. The van der Waals surface area contributed by atoms with Gasteiger partial charge in [0.1, 0.15) is 11.5 Å². The molecule has 1 atom stereocenters. The number of hydrogen-bond donors (Lipinski definition) is 2. The van der Waals surface area contributed by atoms with Crippen molar-refractivity contribution in [1.82, 2.24) is 0 Å². The first-order valence-electron chi connectivity index (χ1n) is 9.14. The Hall–Kier alpha value is -2.69. The molecule has 0 fully saturated rings. The Labute approximate surface area is 155 Å². The van der Waals surface area contributed by atoms with E-state index in [2.05, 4.69) is 24.5 Å². The molecule has 2 N–H and O–H groups in total. The minimum absolute atomic E-state index is 0.111. The van der Waals surface area contributed by atoms with Gasteiger partial charge < -0.3 is 20.1 Å². The highest BCUT2D eigenvalue weighted by Gasteiger charge is 2.05. The lowest BCUT2D eigenvalue weighted by molar-refractivity contribution is -0.114. The van der Waals surface area contributed by atoms with E-state index < -0.39 is 0 Å². The molecule has 0 radical (unpaired) electrons. The van der Waals surface area contributed by atoms with Gasteiger partial charge >= 0.3 is 0 Å². The monoisotopic (exact) mass is 356 g/mol. The van der Waals surface area contributed by atoms with Crippen molar-refractivity contribution in [3.05, 3.63) is 48.5 Å². The molecule has 2 aromatic rings. The zero-order valence-electron chi connectivity index (χ0n) is 15.7. The maximum Gasteiger partial charge on any atom is 0.243 e. The van der Waals surface area contributed by atoms with Crippen molar-refractivity contribution in [3.63, 3.8) is 0 Å². The average molecular weight is 356 g/mol. The summed E-state index contributed by atoms with van der Waals surface area (Å²) in [5, 5.41) is 5.98. The Morgan fingerprint density at radius 2 is 1.81 bits per heavy atom. The van der Waals surface area contributed by atoms with Crippen LogP contribution in [0.15, 0.2) is 48.5 Å². The van der Waals surface area contributed by atoms with Gasteiger partial charge in [0, 0.05) is 17.4 Å². The Kier molecular flexibility index (Phi) is 7.80. The standard InChI is InChI=1S/C21H28N2O3/c1-4-13-25-19-11-9-17(10-12-19)23-21(24)15-22-18-7-6-8-20(14-18)26-16(3)5-2/h6-12,14,16,22H,4-5,13,15H2,1-3H3,(H,23,24). The Bertz CT molecular complexity index is 686. The SMILES string of the molecule is CCCOc1ccc(NC(=O)CNc2cccc(OC(C)CC)c2)cc1. The lowest BCUT2D eigenvalue weighted by Gasteiger charge is -2.14. The second-order valence-electron chi connectivity index (χ2n) is 6.14. The van der Waals surface area contributed by atoms with Gasteiger partial charge in [-0.3, -0.25) is 4.79 Å². The van der Waals surface area contributed by atoms with E-state index >= 15 is 0 Å². The van der Waals surface area contributed by atoms with Gasteiger partial charge in [-0.2, -0.15) is 0 Å². The summed E-state index contributed by atoms with van der Waals surface area (Å²) in [6.07, 6.45) is 2.08. The summed E-state index contributed by atoms with van der Waals surface area (Å²) < 4.78 is 11.3. The van der Waals surface area contributed by atoms with E-state index in [0.717, 1.165) is 35.7 Å². The number of hydrogen-bond acceptors (Lipinski definition) is 4. The molecule has 140 valence electrons. The van der Waals surface area contributed by atoms with Gasteiger partial charge in [0.25, 0.3) is 0 Å². The molecule has 5 heteroatoms.